The summed E-state index contributed by atoms with van der Waals surface area (Å²) in [7, 11) is 0. The van der Waals surface area contributed by atoms with E-state index in [1.54, 1.807) is 36.4 Å². The van der Waals surface area contributed by atoms with Gasteiger partial charge in [0.25, 0.3) is 0 Å². The first kappa shape index (κ1) is 23.0. The fraction of sp³-hybridized carbons (Fsp3) is 0.227. The zero-order chi connectivity index (χ0) is 22.5. The number of phenols is 1. The molecular formula is C22H19BrClNO6. The molecule has 7 nitrogen and oxygen atoms in total. The summed E-state index contributed by atoms with van der Waals surface area (Å²) in [5.74, 6) is -1.44. The Kier molecular flexibility index (Phi) is 7.48. The molecule has 1 unspecified atom stereocenters. The molecule has 1 aliphatic carbocycles. The molecule has 9 heteroatoms. The molecule has 0 saturated heterocycles. The number of hydrogen-bond acceptors (Lipinski definition) is 6. The predicted molar refractivity (Wildman–Crippen MR) is 120 cm³/mol. The van der Waals surface area contributed by atoms with Crippen LogP contribution in [-0.4, -0.2) is 45.6 Å². The molecule has 1 atom stereocenters. The lowest BCUT2D eigenvalue weighted by Gasteiger charge is -2.24. The Labute approximate surface area is 191 Å². The van der Waals surface area contributed by atoms with Crippen LogP contribution in [-0.2, 0) is 4.79 Å². The van der Waals surface area contributed by atoms with E-state index in [-0.39, 0.29) is 22.9 Å². The highest BCUT2D eigenvalue weighted by Crippen LogP contribution is 2.33. The van der Waals surface area contributed by atoms with Gasteiger partial charge >= 0.3 is 5.97 Å². The highest BCUT2D eigenvalue weighted by atomic mass is 79.9. The fourth-order valence-corrected chi connectivity index (χ4v) is 3.59. The summed E-state index contributed by atoms with van der Waals surface area (Å²) in [5, 5.41) is 28.8. The van der Waals surface area contributed by atoms with Crippen molar-refractivity contribution >= 4 is 51.1 Å². The standard InChI is InChI=1S/C22H19BrClNO6/c23-16-6-7-17(24)21(28)20(16)18(26)8-3-12-1-4-15(5-2-12)31-11-19(27)25-14-9-13(10-14)22(29)30/h1-8,13,19,27-28H,9-11H2,(H,29,30)/b8-3+,25-14?. The van der Waals surface area contributed by atoms with E-state index in [0.717, 1.165) is 5.56 Å². The lowest BCUT2D eigenvalue weighted by molar-refractivity contribution is -0.142. The van der Waals surface area contributed by atoms with E-state index in [1.807, 2.05) is 0 Å². The van der Waals surface area contributed by atoms with E-state index < -0.39 is 23.9 Å². The molecule has 1 saturated carbocycles. The Morgan fingerprint density at radius 1 is 1.23 bits per heavy atom. The topological polar surface area (TPSA) is 116 Å². The van der Waals surface area contributed by atoms with Crippen LogP contribution in [0, 0.1) is 5.92 Å². The SMILES string of the molecule is O=C(/C=C/c1ccc(OCC(O)N=C2CC(C(=O)O)C2)cc1)c1c(Br)ccc(Cl)c1O. The molecule has 1 aliphatic rings. The number of rotatable bonds is 8. The number of aliphatic imine (C=N–C) groups is 1. The molecule has 0 spiro atoms. The maximum absolute atomic E-state index is 12.4. The second kappa shape index (κ2) is 10.1. The maximum atomic E-state index is 12.4. The molecule has 0 radical (unpaired) electrons. The number of halogens is 2. The first-order valence-corrected chi connectivity index (χ1v) is 10.5. The predicted octanol–water partition coefficient (Wildman–Crippen LogP) is 4.34. The van der Waals surface area contributed by atoms with Gasteiger partial charge in [-0.3, -0.25) is 14.6 Å². The number of carboxylic acids is 1. The Balaban J connectivity index is 1.53. The summed E-state index contributed by atoms with van der Waals surface area (Å²) >= 11 is 9.10. The van der Waals surface area contributed by atoms with Crippen molar-refractivity contribution in [3.63, 3.8) is 0 Å². The van der Waals surface area contributed by atoms with Crippen LogP contribution < -0.4 is 4.74 Å². The van der Waals surface area contributed by atoms with Gasteiger partial charge in [0.15, 0.2) is 12.0 Å². The summed E-state index contributed by atoms with van der Waals surface area (Å²) in [4.78, 5) is 27.2. The average Bonchev–Trinajstić information content (AvgIpc) is 2.70. The number of phenolic OH excluding ortho intramolecular Hbond substituents is 1. The van der Waals surface area contributed by atoms with Crippen molar-refractivity contribution in [2.45, 2.75) is 19.1 Å². The van der Waals surface area contributed by atoms with Crippen LogP contribution in [0.1, 0.15) is 28.8 Å². The van der Waals surface area contributed by atoms with Crippen LogP contribution in [0.4, 0.5) is 0 Å². The van der Waals surface area contributed by atoms with Crippen molar-refractivity contribution < 1.29 is 29.6 Å². The number of carboxylic acid groups (broad SMARTS) is 1. The third-order valence-corrected chi connectivity index (χ3v) is 5.64. The Hall–Kier alpha value is -2.68. The molecule has 0 bridgehead atoms. The number of benzene rings is 2. The molecule has 2 aromatic carbocycles. The van der Waals surface area contributed by atoms with E-state index in [4.69, 9.17) is 21.4 Å². The second-order valence-corrected chi connectivity index (χ2v) is 8.21. The largest absolute Gasteiger partial charge is 0.506 e. The van der Waals surface area contributed by atoms with Crippen LogP contribution in [0.5, 0.6) is 11.5 Å². The minimum Gasteiger partial charge on any atom is -0.506 e. The summed E-state index contributed by atoms with van der Waals surface area (Å²) in [6, 6.07) is 9.90. The van der Waals surface area contributed by atoms with Crippen molar-refractivity contribution in [2.24, 2.45) is 10.9 Å². The second-order valence-electron chi connectivity index (χ2n) is 6.95. The lowest BCUT2D eigenvalue weighted by Crippen LogP contribution is -2.32. The monoisotopic (exact) mass is 507 g/mol. The Bertz CT molecular complexity index is 1040. The normalized spacial score (nSPS) is 16.6. The highest BCUT2D eigenvalue weighted by Gasteiger charge is 2.31. The van der Waals surface area contributed by atoms with Crippen molar-refractivity contribution in [3.8, 4) is 11.5 Å². The fourth-order valence-electron chi connectivity index (χ4n) is 2.91. The van der Waals surface area contributed by atoms with Gasteiger partial charge in [0.2, 0.25) is 0 Å². The van der Waals surface area contributed by atoms with Gasteiger partial charge in [-0.1, -0.05) is 29.8 Å². The third-order valence-electron chi connectivity index (χ3n) is 4.68. The van der Waals surface area contributed by atoms with E-state index in [9.17, 15) is 19.8 Å². The van der Waals surface area contributed by atoms with E-state index in [2.05, 4.69) is 20.9 Å². The third kappa shape index (κ3) is 5.94. The number of aliphatic hydroxyl groups excluding tert-OH is 1. The summed E-state index contributed by atoms with van der Waals surface area (Å²) in [5.41, 5.74) is 1.49. The first-order valence-electron chi connectivity index (χ1n) is 9.33. The molecule has 0 aromatic heterocycles. The van der Waals surface area contributed by atoms with E-state index >= 15 is 0 Å². The van der Waals surface area contributed by atoms with Crippen LogP contribution in [0.15, 0.2) is 51.9 Å². The van der Waals surface area contributed by atoms with Gasteiger partial charge in [0.1, 0.15) is 18.1 Å². The van der Waals surface area contributed by atoms with Crippen LogP contribution >= 0.6 is 27.5 Å². The van der Waals surface area contributed by atoms with Crippen LogP contribution in [0.3, 0.4) is 0 Å². The van der Waals surface area contributed by atoms with Crippen molar-refractivity contribution in [3.05, 3.63) is 63.1 Å². The number of aliphatic carboxylic acids is 1. The lowest BCUT2D eigenvalue weighted by atomic mass is 9.83. The van der Waals surface area contributed by atoms with Crippen LogP contribution in [0.2, 0.25) is 5.02 Å². The molecule has 0 amide bonds. The van der Waals surface area contributed by atoms with Gasteiger partial charge in [-0.25, -0.2) is 0 Å². The summed E-state index contributed by atoms with van der Waals surface area (Å²) in [6.45, 7) is -0.0586. The molecular weight excluding hydrogens is 490 g/mol. The number of nitrogens with zero attached hydrogens (tertiary/aromatic N) is 1. The highest BCUT2D eigenvalue weighted by molar-refractivity contribution is 9.10. The Morgan fingerprint density at radius 2 is 1.90 bits per heavy atom. The van der Waals surface area contributed by atoms with Gasteiger partial charge in [0.05, 0.1) is 16.5 Å². The number of aliphatic hydroxyl groups is 1. The molecule has 3 N–H and O–H groups in total. The summed E-state index contributed by atoms with van der Waals surface area (Å²) < 4.78 is 5.93. The average molecular weight is 509 g/mol. The maximum Gasteiger partial charge on any atom is 0.307 e. The number of ether oxygens (including phenoxy) is 1. The number of allylic oxidation sites excluding steroid dienone is 1. The molecule has 31 heavy (non-hydrogen) atoms. The number of hydrogen-bond donors (Lipinski definition) is 3. The molecule has 1 fully saturated rings. The molecule has 0 aliphatic heterocycles. The van der Waals surface area contributed by atoms with E-state index in [0.29, 0.717) is 28.8 Å². The summed E-state index contributed by atoms with van der Waals surface area (Å²) in [6.07, 6.45) is 2.57. The minimum absolute atomic E-state index is 0.0586. The van der Waals surface area contributed by atoms with Crippen molar-refractivity contribution in [1.82, 2.24) is 0 Å². The minimum atomic E-state index is -1.06. The number of aromatic hydroxyl groups is 1. The number of carbonyl (C=O) groups is 2. The van der Waals surface area contributed by atoms with Crippen LogP contribution in [0.25, 0.3) is 6.08 Å². The van der Waals surface area contributed by atoms with Gasteiger partial charge in [-0.05, 0) is 64.7 Å². The first-order chi connectivity index (χ1) is 14.7. The molecule has 3 rings (SSSR count). The zero-order valence-corrected chi connectivity index (χ0v) is 18.5. The zero-order valence-electron chi connectivity index (χ0n) is 16.2. The quantitative estimate of drug-likeness (QED) is 0.361. The molecule has 0 heterocycles. The Morgan fingerprint density at radius 3 is 2.55 bits per heavy atom. The smallest absolute Gasteiger partial charge is 0.307 e. The molecule has 162 valence electrons. The number of ketones is 1. The molecule has 2 aromatic rings. The number of carbonyl (C=O) groups excluding carboxylic acids is 1. The van der Waals surface area contributed by atoms with Crippen molar-refractivity contribution in [1.29, 1.82) is 0 Å². The van der Waals surface area contributed by atoms with Gasteiger partial charge in [-0.15, -0.1) is 0 Å². The van der Waals surface area contributed by atoms with Gasteiger partial charge in [-0.2, -0.15) is 0 Å². The van der Waals surface area contributed by atoms with Gasteiger partial charge < -0.3 is 20.1 Å². The van der Waals surface area contributed by atoms with Crippen molar-refractivity contribution in [2.75, 3.05) is 6.61 Å². The van der Waals surface area contributed by atoms with E-state index in [1.165, 1.54) is 12.1 Å². The van der Waals surface area contributed by atoms with Gasteiger partial charge in [0, 0.05) is 10.2 Å².